The van der Waals surface area contributed by atoms with Gasteiger partial charge in [-0.05, 0) is 31.5 Å². The zero-order valence-corrected chi connectivity index (χ0v) is 16.0. The number of ketones is 1. The summed E-state index contributed by atoms with van der Waals surface area (Å²) < 4.78 is 0. The van der Waals surface area contributed by atoms with E-state index >= 15 is 0 Å². The molecule has 0 spiro atoms. The van der Waals surface area contributed by atoms with Gasteiger partial charge in [0.25, 0.3) is 5.69 Å². The van der Waals surface area contributed by atoms with Crippen molar-refractivity contribution in [1.82, 2.24) is 4.90 Å². The average molecular weight is 405 g/mol. The van der Waals surface area contributed by atoms with Crippen LogP contribution >= 0.6 is 0 Å². The predicted octanol–water partition coefficient (Wildman–Crippen LogP) is 2.43. The van der Waals surface area contributed by atoms with E-state index in [-0.39, 0.29) is 23.4 Å². The van der Waals surface area contributed by atoms with Crippen LogP contribution in [0.5, 0.6) is 0 Å². The van der Waals surface area contributed by atoms with Crippen molar-refractivity contribution >= 4 is 29.0 Å². The number of fused-ring (bicyclic) bond motifs is 3. The third kappa shape index (κ3) is 2.60. The normalized spacial score (nSPS) is 27.9. The molecule has 0 N–H and O–H groups in total. The highest BCUT2D eigenvalue weighted by Gasteiger charge is 2.64. The van der Waals surface area contributed by atoms with Crippen LogP contribution in [0.3, 0.4) is 0 Å². The van der Waals surface area contributed by atoms with Crippen molar-refractivity contribution in [1.29, 1.82) is 0 Å². The second-order valence-corrected chi connectivity index (χ2v) is 7.96. The summed E-state index contributed by atoms with van der Waals surface area (Å²) in [6.07, 6.45) is 1.65. The second-order valence-electron chi connectivity index (χ2n) is 7.96. The van der Waals surface area contributed by atoms with Crippen LogP contribution in [0.4, 0.5) is 11.4 Å². The van der Waals surface area contributed by atoms with Gasteiger partial charge in [-0.2, -0.15) is 0 Å². The highest BCUT2D eigenvalue weighted by molar-refractivity contribution is 6.24. The maximum Gasteiger partial charge on any atom is 0.269 e. The average Bonchev–Trinajstić information content (AvgIpc) is 3.40. The SMILES string of the molecule is O=C(c1ccccc1)[C@@H]1[C@@H]2C(=O)N(c3ccc([N+](=O)[O-])cc3)C(=O)[C@H]2[C@@H]2CCCN12. The van der Waals surface area contributed by atoms with Crippen molar-refractivity contribution in [3.8, 4) is 0 Å². The van der Waals surface area contributed by atoms with Crippen molar-refractivity contribution in [2.45, 2.75) is 24.9 Å². The van der Waals surface area contributed by atoms with Crippen LogP contribution in [0, 0.1) is 22.0 Å². The van der Waals surface area contributed by atoms with E-state index in [1.54, 1.807) is 24.3 Å². The van der Waals surface area contributed by atoms with Gasteiger partial charge in [0.15, 0.2) is 5.78 Å². The number of carbonyl (C=O) groups excluding carboxylic acids is 3. The lowest BCUT2D eigenvalue weighted by Gasteiger charge is -2.27. The van der Waals surface area contributed by atoms with Crippen molar-refractivity contribution < 1.29 is 19.3 Å². The van der Waals surface area contributed by atoms with E-state index in [9.17, 15) is 24.5 Å². The summed E-state index contributed by atoms with van der Waals surface area (Å²) in [6.45, 7) is 0.693. The number of nitro groups is 1. The monoisotopic (exact) mass is 405 g/mol. The Labute approximate surface area is 172 Å². The fourth-order valence-corrected chi connectivity index (χ4v) is 5.27. The first-order chi connectivity index (χ1) is 14.5. The molecule has 0 aromatic heterocycles. The quantitative estimate of drug-likeness (QED) is 0.335. The number of non-ortho nitro benzene ring substituents is 1. The summed E-state index contributed by atoms with van der Waals surface area (Å²) in [4.78, 5) is 53.6. The molecule has 152 valence electrons. The fourth-order valence-electron chi connectivity index (χ4n) is 5.27. The van der Waals surface area contributed by atoms with E-state index in [0.29, 0.717) is 17.8 Å². The Balaban J connectivity index is 1.52. The van der Waals surface area contributed by atoms with Gasteiger partial charge in [0.05, 0.1) is 28.5 Å². The number of rotatable bonds is 4. The maximum absolute atomic E-state index is 13.4. The van der Waals surface area contributed by atoms with Gasteiger partial charge in [-0.1, -0.05) is 30.3 Å². The van der Waals surface area contributed by atoms with Gasteiger partial charge in [-0.3, -0.25) is 29.4 Å². The van der Waals surface area contributed by atoms with Gasteiger partial charge >= 0.3 is 0 Å². The minimum absolute atomic E-state index is 0.114. The summed E-state index contributed by atoms with van der Waals surface area (Å²) in [5, 5.41) is 10.9. The van der Waals surface area contributed by atoms with Gasteiger partial charge in [-0.15, -0.1) is 0 Å². The van der Waals surface area contributed by atoms with Crippen LogP contribution < -0.4 is 4.90 Å². The Kier molecular flexibility index (Phi) is 4.25. The summed E-state index contributed by atoms with van der Waals surface area (Å²) in [6, 6.07) is 13.4. The number of imide groups is 1. The Bertz CT molecular complexity index is 1050. The number of anilines is 1. The molecule has 8 heteroatoms. The van der Waals surface area contributed by atoms with Gasteiger partial charge in [0.1, 0.15) is 0 Å². The molecule has 2 aromatic carbocycles. The molecule has 0 bridgehead atoms. The molecule has 3 heterocycles. The molecule has 0 saturated carbocycles. The molecule has 3 fully saturated rings. The molecule has 3 aliphatic rings. The molecule has 0 radical (unpaired) electrons. The molecule has 4 atom stereocenters. The van der Waals surface area contributed by atoms with Gasteiger partial charge in [0.2, 0.25) is 11.8 Å². The first-order valence-corrected chi connectivity index (χ1v) is 9.96. The summed E-state index contributed by atoms with van der Waals surface area (Å²) in [5.74, 6) is -2.15. The summed E-state index contributed by atoms with van der Waals surface area (Å²) in [7, 11) is 0. The van der Waals surface area contributed by atoms with Crippen LogP contribution in [0.15, 0.2) is 54.6 Å². The number of hydrogen-bond acceptors (Lipinski definition) is 6. The van der Waals surface area contributed by atoms with Crippen molar-refractivity contribution in [3.05, 3.63) is 70.3 Å². The molecule has 8 nitrogen and oxygen atoms in total. The maximum atomic E-state index is 13.4. The molecule has 3 saturated heterocycles. The van der Waals surface area contributed by atoms with Crippen LogP contribution in [0.2, 0.25) is 0 Å². The van der Waals surface area contributed by atoms with E-state index in [1.165, 1.54) is 24.3 Å². The van der Waals surface area contributed by atoms with Crippen LogP contribution in [0.25, 0.3) is 0 Å². The molecule has 3 aliphatic heterocycles. The van der Waals surface area contributed by atoms with Crippen LogP contribution in [0.1, 0.15) is 23.2 Å². The fraction of sp³-hybridized carbons (Fsp3) is 0.318. The van der Waals surface area contributed by atoms with E-state index in [2.05, 4.69) is 0 Å². The molecular weight excluding hydrogens is 386 g/mol. The topological polar surface area (TPSA) is 101 Å². The molecule has 2 aromatic rings. The van der Waals surface area contributed by atoms with Crippen LogP contribution in [-0.4, -0.2) is 46.0 Å². The van der Waals surface area contributed by atoms with Crippen molar-refractivity contribution in [3.63, 3.8) is 0 Å². The molecule has 0 unspecified atom stereocenters. The Morgan fingerprint density at radius 1 is 0.967 bits per heavy atom. The lowest BCUT2D eigenvalue weighted by Crippen LogP contribution is -2.46. The molecule has 2 amide bonds. The highest BCUT2D eigenvalue weighted by Crippen LogP contribution is 2.48. The largest absolute Gasteiger partial charge is 0.292 e. The number of amides is 2. The Hall–Kier alpha value is -3.39. The Morgan fingerprint density at radius 2 is 1.63 bits per heavy atom. The van der Waals surface area contributed by atoms with Gasteiger partial charge < -0.3 is 0 Å². The molecule has 5 rings (SSSR count). The zero-order valence-electron chi connectivity index (χ0n) is 16.0. The van der Waals surface area contributed by atoms with Crippen molar-refractivity contribution in [2.24, 2.45) is 11.8 Å². The first kappa shape index (κ1) is 18.6. The third-order valence-corrected chi connectivity index (χ3v) is 6.50. The van der Waals surface area contributed by atoms with E-state index in [4.69, 9.17) is 0 Å². The minimum atomic E-state index is -0.731. The van der Waals surface area contributed by atoms with E-state index in [0.717, 1.165) is 17.7 Å². The van der Waals surface area contributed by atoms with Crippen molar-refractivity contribution in [2.75, 3.05) is 11.4 Å². The minimum Gasteiger partial charge on any atom is -0.292 e. The summed E-state index contributed by atoms with van der Waals surface area (Å²) >= 11 is 0. The smallest absolute Gasteiger partial charge is 0.269 e. The molecule has 0 aliphatic carbocycles. The van der Waals surface area contributed by atoms with Gasteiger partial charge in [0, 0.05) is 23.7 Å². The zero-order chi connectivity index (χ0) is 21.0. The van der Waals surface area contributed by atoms with Crippen LogP contribution in [-0.2, 0) is 9.59 Å². The van der Waals surface area contributed by atoms with Gasteiger partial charge in [-0.25, -0.2) is 4.90 Å². The standard InChI is InChI=1S/C22H19N3O5/c26-20(13-5-2-1-3-6-13)19-18-17(16-7-4-12-23(16)19)21(27)24(22(18)28)14-8-10-15(11-9-14)25(29)30/h1-3,5-6,8-11,16-19H,4,7,12H2/t16-,17-,18+,19-/m0/s1. The lowest BCUT2D eigenvalue weighted by atomic mass is 9.85. The number of nitro benzene ring substituents is 1. The number of benzene rings is 2. The Morgan fingerprint density at radius 3 is 2.30 bits per heavy atom. The lowest BCUT2D eigenvalue weighted by molar-refractivity contribution is -0.384. The second kappa shape index (κ2) is 6.84. The number of hydrogen-bond donors (Lipinski definition) is 0. The van der Waals surface area contributed by atoms with E-state index in [1.807, 2.05) is 11.0 Å². The predicted molar refractivity (Wildman–Crippen MR) is 107 cm³/mol. The number of nitrogens with zero attached hydrogens (tertiary/aromatic N) is 3. The summed E-state index contributed by atoms with van der Waals surface area (Å²) in [5.41, 5.74) is 0.723. The first-order valence-electron chi connectivity index (χ1n) is 9.96. The van der Waals surface area contributed by atoms with E-state index < -0.39 is 28.7 Å². The molecular formula is C22H19N3O5. The highest BCUT2D eigenvalue weighted by atomic mass is 16.6. The number of carbonyl (C=O) groups is 3. The third-order valence-electron chi connectivity index (χ3n) is 6.50. The number of Topliss-reactive ketones (excluding diaryl/α,β-unsaturated/α-hetero) is 1. The molecule has 30 heavy (non-hydrogen) atoms.